The Hall–Kier alpha value is -2.20. The topological polar surface area (TPSA) is 51.1 Å². The molecular weight excluding hydrogens is 372 g/mol. The third kappa shape index (κ3) is 4.31. The Balaban J connectivity index is 1.60. The molecule has 3 rings (SSSR count). The molecule has 1 aliphatic heterocycles. The van der Waals surface area contributed by atoms with Crippen LogP contribution in [0.3, 0.4) is 0 Å². The number of aromatic nitrogens is 2. The number of anilines is 1. The minimum Gasteiger partial charge on any atom is -0.376 e. The molecular formula is C16H16F4N4OS. The van der Waals surface area contributed by atoms with Crippen LogP contribution in [0.4, 0.5) is 23.4 Å². The number of ether oxygens (including phenoxy) is 1. The lowest BCUT2D eigenvalue weighted by Crippen LogP contribution is -2.34. The molecule has 1 aliphatic rings. The van der Waals surface area contributed by atoms with Crippen LogP contribution in [0.15, 0.2) is 18.3 Å². The maximum Gasteiger partial charge on any atom is 0.172 e. The van der Waals surface area contributed by atoms with Crippen LogP contribution in [0.2, 0.25) is 0 Å². The van der Waals surface area contributed by atoms with Gasteiger partial charge in [-0.1, -0.05) is 0 Å². The van der Waals surface area contributed by atoms with Crippen molar-refractivity contribution in [3.63, 3.8) is 0 Å². The highest BCUT2D eigenvalue weighted by Crippen LogP contribution is 2.20. The fourth-order valence-corrected chi connectivity index (χ4v) is 2.80. The Bertz CT molecular complexity index is 782. The van der Waals surface area contributed by atoms with Crippen LogP contribution in [0, 0.1) is 23.3 Å². The highest BCUT2D eigenvalue weighted by Gasteiger charge is 2.20. The molecule has 140 valence electrons. The molecule has 26 heavy (non-hydrogen) atoms. The van der Waals surface area contributed by atoms with Gasteiger partial charge in [0.05, 0.1) is 18.2 Å². The first-order valence-electron chi connectivity index (χ1n) is 7.96. The summed E-state index contributed by atoms with van der Waals surface area (Å²) in [5, 5.41) is 10.2. The van der Waals surface area contributed by atoms with Crippen molar-refractivity contribution in [1.29, 1.82) is 0 Å². The van der Waals surface area contributed by atoms with Crippen molar-refractivity contribution >= 4 is 23.1 Å². The van der Waals surface area contributed by atoms with Gasteiger partial charge in [0.25, 0.3) is 0 Å². The molecule has 1 aromatic carbocycles. The second-order valence-electron chi connectivity index (χ2n) is 5.82. The van der Waals surface area contributed by atoms with E-state index in [2.05, 4.69) is 15.7 Å². The molecule has 1 unspecified atom stereocenters. The average Bonchev–Trinajstić information content (AvgIpc) is 3.27. The Morgan fingerprint density at radius 1 is 1.27 bits per heavy atom. The quantitative estimate of drug-likeness (QED) is 0.469. The number of thiocarbonyl (C=S) groups is 1. The molecule has 0 radical (unpaired) electrons. The number of nitrogens with one attached hydrogen (secondary N) is 2. The van der Waals surface area contributed by atoms with Crippen LogP contribution in [-0.4, -0.2) is 34.1 Å². The predicted molar refractivity (Wildman–Crippen MR) is 90.8 cm³/mol. The van der Waals surface area contributed by atoms with Crippen LogP contribution < -0.4 is 10.6 Å². The van der Waals surface area contributed by atoms with E-state index in [0.717, 1.165) is 24.1 Å². The van der Waals surface area contributed by atoms with Crippen molar-refractivity contribution in [2.24, 2.45) is 0 Å². The molecule has 2 aromatic rings. The van der Waals surface area contributed by atoms with Gasteiger partial charge in [-0.15, -0.1) is 0 Å². The van der Waals surface area contributed by atoms with Crippen LogP contribution in [-0.2, 0) is 11.3 Å². The zero-order valence-electron chi connectivity index (χ0n) is 13.6. The summed E-state index contributed by atoms with van der Waals surface area (Å²) in [6.07, 6.45) is 3.50. The van der Waals surface area contributed by atoms with Gasteiger partial charge in [0.15, 0.2) is 34.2 Å². The predicted octanol–water partition coefficient (Wildman–Crippen LogP) is 2.95. The van der Waals surface area contributed by atoms with Crippen LogP contribution in [0.1, 0.15) is 18.4 Å². The summed E-state index contributed by atoms with van der Waals surface area (Å²) < 4.78 is 60.5. The van der Waals surface area contributed by atoms with E-state index >= 15 is 0 Å². The van der Waals surface area contributed by atoms with Gasteiger partial charge in [0.2, 0.25) is 0 Å². The fraction of sp³-hybridized carbons (Fsp3) is 0.375. The molecule has 0 bridgehead atoms. The first-order valence-corrected chi connectivity index (χ1v) is 8.36. The molecule has 1 atom stereocenters. The standard InChI is InChI=1S/C16H16F4N4OS/c17-11-6-12(18)15(20)10(14(11)19)8-24-4-3-13(23-24)22-16(26)21-7-9-2-1-5-25-9/h3-4,6,9H,1-2,5,7-8H2,(H2,21,22,23,26). The van der Waals surface area contributed by atoms with Gasteiger partial charge in [-0.25, -0.2) is 17.6 Å². The molecule has 2 N–H and O–H groups in total. The van der Waals surface area contributed by atoms with E-state index in [1.54, 1.807) is 0 Å². The van der Waals surface area contributed by atoms with E-state index < -0.39 is 35.4 Å². The summed E-state index contributed by atoms with van der Waals surface area (Å²) in [5.74, 6) is -5.47. The molecule has 1 fully saturated rings. The van der Waals surface area contributed by atoms with E-state index in [1.807, 2.05) is 0 Å². The van der Waals surface area contributed by atoms with Crippen LogP contribution >= 0.6 is 12.2 Å². The smallest absolute Gasteiger partial charge is 0.172 e. The largest absolute Gasteiger partial charge is 0.376 e. The summed E-state index contributed by atoms with van der Waals surface area (Å²) in [4.78, 5) is 0. The fourth-order valence-electron chi connectivity index (χ4n) is 2.61. The van der Waals surface area contributed by atoms with E-state index in [-0.39, 0.29) is 12.2 Å². The maximum absolute atomic E-state index is 13.7. The zero-order chi connectivity index (χ0) is 18.7. The third-order valence-corrected chi connectivity index (χ3v) is 4.17. The van der Waals surface area contributed by atoms with Crippen molar-refractivity contribution in [3.8, 4) is 0 Å². The van der Waals surface area contributed by atoms with E-state index in [9.17, 15) is 17.6 Å². The third-order valence-electron chi connectivity index (χ3n) is 3.92. The molecule has 0 amide bonds. The van der Waals surface area contributed by atoms with E-state index in [0.29, 0.717) is 17.5 Å². The van der Waals surface area contributed by atoms with Crippen molar-refractivity contribution in [2.75, 3.05) is 18.5 Å². The summed E-state index contributed by atoms with van der Waals surface area (Å²) in [6, 6.07) is 1.69. The molecule has 0 spiro atoms. The Morgan fingerprint density at radius 2 is 2.00 bits per heavy atom. The Morgan fingerprint density at radius 3 is 2.65 bits per heavy atom. The van der Waals surface area contributed by atoms with Crippen molar-refractivity contribution in [3.05, 3.63) is 47.2 Å². The SMILES string of the molecule is Fc1cc(F)c(F)c(Cn2ccc(NC(=S)NCC3CCCO3)n2)c1F. The van der Waals surface area contributed by atoms with Gasteiger partial charge < -0.3 is 15.4 Å². The van der Waals surface area contributed by atoms with Gasteiger partial charge in [-0.05, 0) is 25.1 Å². The van der Waals surface area contributed by atoms with Crippen molar-refractivity contribution < 1.29 is 22.3 Å². The summed E-state index contributed by atoms with van der Waals surface area (Å²) in [7, 11) is 0. The number of hydrogen-bond donors (Lipinski definition) is 2. The molecule has 0 aliphatic carbocycles. The second-order valence-corrected chi connectivity index (χ2v) is 6.22. The average molecular weight is 388 g/mol. The Kier molecular flexibility index (Phi) is 5.72. The highest BCUT2D eigenvalue weighted by molar-refractivity contribution is 7.80. The molecule has 0 saturated carbocycles. The molecule has 2 heterocycles. The summed E-state index contributed by atoms with van der Waals surface area (Å²) >= 11 is 5.14. The van der Waals surface area contributed by atoms with Crippen molar-refractivity contribution in [1.82, 2.24) is 15.1 Å². The molecule has 5 nitrogen and oxygen atoms in total. The second kappa shape index (κ2) is 8.00. The highest BCUT2D eigenvalue weighted by atomic mass is 32.1. The number of rotatable bonds is 5. The zero-order valence-corrected chi connectivity index (χ0v) is 14.4. The minimum atomic E-state index is -1.45. The monoisotopic (exact) mass is 388 g/mol. The molecule has 10 heteroatoms. The molecule has 1 saturated heterocycles. The van der Waals surface area contributed by atoms with Crippen LogP contribution in [0.5, 0.6) is 0 Å². The number of halogens is 4. The molecule has 1 aromatic heterocycles. The number of benzene rings is 1. The van der Waals surface area contributed by atoms with Gasteiger partial charge in [-0.3, -0.25) is 4.68 Å². The lowest BCUT2D eigenvalue weighted by molar-refractivity contribution is 0.114. The normalized spacial score (nSPS) is 16.7. The van der Waals surface area contributed by atoms with E-state index in [1.165, 1.54) is 12.3 Å². The van der Waals surface area contributed by atoms with Gasteiger partial charge in [0.1, 0.15) is 0 Å². The Labute approximate surface area is 152 Å². The van der Waals surface area contributed by atoms with Crippen molar-refractivity contribution in [2.45, 2.75) is 25.5 Å². The van der Waals surface area contributed by atoms with Gasteiger partial charge >= 0.3 is 0 Å². The first kappa shape index (κ1) is 18.6. The number of hydrogen-bond acceptors (Lipinski definition) is 3. The van der Waals surface area contributed by atoms with Crippen LogP contribution in [0.25, 0.3) is 0 Å². The minimum absolute atomic E-state index is 0.112. The number of nitrogens with zero attached hydrogens (tertiary/aromatic N) is 2. The van der Waals surface area contributed by atoms with E-state index in [4.69, 9.17) is 17.0 Å². The maximum atomic E-state index is 13.7. The van der Waals surface area contributed by atoms with Gasteiger partial charge in [0, 0.05) is 31.5 Å². The summed E-state index contributed by atoms with van der Waals surface area (Å²) in [5.41, 5.74) is -0.740. The first-order chi connectivity index (χ1) is 12.4. The van der Waals surface area contributed by atoms with Gasteiger partial charge in [-0.2, -0.15) is 5.10 Å². The summed E-state index contributed by atoms with van der Waals surface area (Å²) in [6.45, 7) is 0.834. The lowest BCUT2D eigenvalue weighted by Gasteiger charge is -2.12. The lowest BCUT2D eigenvalue weighted by atomic mass is 10.2.